The molecule has 2 bridgehead atoms. The third kappa shape index (κ3) is 6.03. The lowest BCUT2D eigenvalue weighted by Gasteiger charge is -2.22. The number of benzene rings is 1. The van der Waals surface area contributed by atoms with E-state index >= 15 is 0 Å². The number of amides is 1. The average Bonchev–Trinajstić information content (AvgIpc) is 3.66. The highest BCUT2D eigenvalue weighted by Gasteiger charge is 2.24. The maximum absolute atomic E-state index is 13.8. The number of esters is 1. The Morgan fingerprint density at radius 2 is 1.96 bits per heavy atom. The van der Waals surface area contributed by atoms with Gasteiger partial charge in [0.15, 0.2) is 0 Å². The van der Waals surface area contributed by atoms with Gasteiger partial charge in [-0.15, -0.1) is 0 Å². The molecule has 0 unspecified atom stereocenters. The summed E-state index contributed by atoms with van der Waals surface area (Å²) in [5.74, 6) is -0.733. The molecule has 5 heterocycles. The number of hydrogen-bond donors (Lipinski definition) is 1. The number of anilines is 1. The van der Waals surface area contributed by atoms with Gasteiger partial charge in [-0.2, -0.15) is 5.10 Å². The number of nitrogens with zero attached hydrogens (tertiary/aromatic N) is 6. The van der Waals surface area contributed by atoms with Crippen molar-refractivity contribution in [1.82, 2.24) is 28.9 Å². The molecule has 6 rings (SSSR count). The highest BCUT2D eigenvalue weighted by Crippen LogP contribution is 2.34. The van der Waals surface area contributed by atoms with Crippen LogP contribution in [0.5, 0.6) is 0 Å². The van der Waals surface area contributed by atoms with Crippen LogP contribution in [0.1, 0.15) is 55.2 Å². The molecular weight excluding hydrogens is 594 g/mol. The number of pyridine rings is 1. The first-order valence-electron chi connectivity index (χ1n) is 14.8. The zero-order chi connectivity index (χ0) is 31.7. The number of carbonyl (C=O) groups excluding carboxylic acids is 2. The number of fused-ring (bicyclic) bond motifs is 4. The summed E-state index contributed by atoms with van der Waals surface area (Å²) in [4.78, 5) is 48.4. The highest BCUT2D eigenvalue weighted by atomic mass is 35.5. The summed E-state index contributed by atoms with van der Waals surface area (Å²) in [7, 11) is 1.93. The number of ether oxygens (including phenoxy) is 1. The molecule has 12 heteroatoms. The Balaban J connectivity index is 1.40. The zero-order valence-electron chi connectivity index (χ0n) is 25.1. The number of aromatic nitrogens is 6. The number of halogens is 1. The van der Waals surface area contributed by atoms with Crippen LogP contribution in [0.25, 0.3) is 28.2 Å². The van der Waals surface area contributed by atoms with Crippen molar-refractivity contribution in [2.75, 3.05) is 11.9 Å². The van der Waals surface area contributed by atoms with Crippen LogP contribution in [0.2, 0.25) is 5.02 Å². The van der Waals surface area contributed by atoms with Gasteiger partial charge >= 0.3 is 5.97 Å². The summed E-state index contributed by atoms with van der Waals surface area (Å²) >= 11 is 6.38. The second-order valence-corrected chi connectivity index (χ2v) is 11.5. The minimum Gasteiger partial charge on any atom is -0.462 e. The molecule has 1 aliphatic rings. The van der Waals surface area contributed by atoms with Crippen molar-refractivity contribution >= 4 is 29.2 Å². The summed E-state index contributed by atoms with van der Waals surface area (Å²) in [6.45, 7) is 3.90. The molecular formula is C33H32ClN7O4. The van der Waals surface area contributed by atoms with Gasteiger partial charge in [0, 0.05) is 53.8 Å². The third-order valence-corrected chi connectivity index (χ3v) is 8.27. The van der Waals surface area contributed by atoms with Crippen LogP contribution in [0.3, 0.4) is 0 Å². The molecule has 45 heavy (non-hydrogen) atoms. The molecule has 0 saturated carbocycles. The molecule has 1 N–H and O–H groups in total. The van der Waals surface area contributed by atoms with Crippen molar-refractivity contribution in [3.63, 3.8) is 0 Å². The molecule has 0 radical (unpaired) electrons. The Morgan fingerprint density at radius 1 is 1.11 bits per heavy atom. The summed E-state index contributed by atoms with van der Waals surface area (Å²) in [6, 6.07) is 12.0. The molecule has 1 aromatic carbocycles. The summed E-state index contributed by atoms with van der Waals surface area (Å²) in [5.41, 5.74) is 4.78. The van der Waals surface area contributed by atoms with Crippen LogP contribution >= 0.6 is 11.6 Å². The molecule has 5 aromatic rings. The summed E-state index contributed by atoms with van der Waals surface area (Å²) in [5, 5.41) is 7.87. The number of hydrogen-bond acceptors (Lipinski definition) is 7. The maximum atomic E-state index is 13.8. The van der Waals surface area contributed by atoms with E-state index in [0.29, 0.717) is 46.8 Å². The van der Waals surface area contributed by atoms with E-state index in [-0.39, 0.29) is 24.0 Å². The summed E-state index contributed by atoms with van der Waals surface area (Å²) < 4.78 is 10.2. The molecule has 230 valence electrons. The lowest BCUT2D eigenvalue weighted by molar-refractivity contribution is -0.119. The quantitative estimate of drug-likeness (QED) is 0.249. The second-order valence-electron chi connectivity index (χ2n) is 11.1. The molecule has 0 fully saturated rings. The Hall–Kier alpha value is -5.03. The first kappa shape index (κ1) is 30.0. The van der Waals surface area contributed by atoms with Gasteiger partial charge < -0.3 is 14.6 Å². The van der Waals surface area contributed by atoms with Gasteiger partial charge in [0.1, 0.15) is 0 Å². The fourth-order valence-electron chi connectivity index (χ4n) is 5.68. The van der Waals surface area contributed by atoms with E-state index in [1.54, 1.807) is 42.1 Å². The largest absolute Gasteiger partial charge is 0.462 e. The predicted octanol–water partition coefficient (Wildman–Crippen LogP) is 5.67. The molecule has 11 nitrogen and oxygen atoms in total. The van der Waals surface area contributed by atoms with Crippen LogP contribution < -0.4 is 10.9 Å². The Kier molecular flexibility index (Phi) is 8.36. The fourth-order valence-corrected chi connectivity index (χ4v) is 5.85. The second kappa shape index (κ2) is 12.5. The van der Waals surface area contributed by atoms with Crippen LogP contribution in [0.4, 0.5) is 5.69 Å². The Morgan fingerprint density at radius 3 is 2.76 bits per heavy atom. The first-order chi connectivity index (χ1) is 21.7. The number of rotatable bonds is 5. The zero-order valence-corrected chi connectivity index (χ0v) is 25.9. The van der Waals surface area contributed by atoms with E-state index in [9.17, 15) is 14.4 Å². The van der Waals surface area contributed by atoms with E-state index < -0.39 is 12.0 Å². The van der Waals surface area contributed by atoms with Crippen molar-refractivity contribution in [3.8, 4) is 28.2 Å². The normalized spacial score (nSPS) is 16.7. The lowest BCUT2D eigenvalue weighted by Crippen LogP contribution is -2.27. The van der Waals surface area contributed by atoms with Gasteiger partial charge in [0.25, 0.3) is 5.56 Å². The van der Waals surface area contributed by atoms with E-state index in [1.807, 2.05) is 42.9 Å². The molecule has 0 saturated heterocycles. The van der Waals surface area contributed by atoms with Crippen LogP contribution in [0, 0.1) is 5.92 Å². The molecule has 1 aliphatic heterocycles. The predicted molar refractivity (Wildman–Crippen MR) is 170 cm³/mol. The Bertz CT molecular complexity index is 1960. The standard InChI is InChI=1S/C33H32ClN7O4/c1-4-45-33(44)22-17-37-41(18-22)28-9-8-23(34)15-24(28)26-16-30(42)40(19-36-26)29-7-5-6-20(2)32(43)38-25-11-13-39(3)31(25)21-10-12-35-27(29)14-21/h8-20,29H,4-7H2,1-3H3,(H,38,43)/t20-,29+/m1/s1. The van der Waals surface area contributed by atoms with Crippen LogP contribution in [-0.2, 0) is 16.6 Å². The molecule has 2 atom stereocenters. The fraction of sp³-hybridized carbons (Fsp3) is 0.273. The van der Waals surface area contributed by atoms with E-state index in [0.717, 1.165) is 22.6 Å². The van der Waals surface area contributed by atoms with Gasteiger partial charge in [-0.05, 0) is 56.2 Å². The van der Waals surface area contributed by atoms with Crippen molar-refractivity contribution in [2.24, 2.45) is 13.0 Å². The highest BCUT2D eigenvalue weighted by molar-refractivity contribution is 6.31. The topological polar surface area (TPSA) is 126 Å². The minimum atomic E-state index is -0.479. The average molecular weight is 626 g/mol. The van der Waals surface area contributed by atoms with Gasteiger partial charge in [0.05, 0.1) is 59.2 Å². The van der Waals surface area contributed by atoms with E-state index in [2.05, 4.69) is 15.4 Å². The van der Waals surface area contributed by atoms with Crippen molar-refractivity contribution in [3.05, 3.63) is 100 Å². The van der Waals surface area contributed by atoms with Crippen molar-refractivity contribution in [1.29, 1.82) is 0 Å². The molecule has 0 aliphatic carbocycles. The van der Waals surface area contributed by atoms with Gasteiger partial charge in [-0.3, -0.25) is 19.1 Å². The maximum Gasteiger partial charge on any atom is 0.341 e. The van der Waals surface area contributed by atoms with Gasteiger partial charge in [-0.25, -0.2) is 14.5 Å². The monoisotopic (exact) mass is 625 g/mol. The Labute approximate surface area is 264 Å². The van der Waals surface area contributed by atoms with Crippen molar-refractivity contribution < 1.29 is 14.3 Å². The van der Waals surface area contributed by atoms with Gasteiger partial charge in [0.2, 0.25) is 5.91 Å². The first-order valence-corrected chi connectivity index (χ1v) is 15.1. The van der Waals surface area contributed by atoms with Gasteiger partial charge in [-0.1, -0.05) is 24.9 Å². The van der Waals surface area contributed by atoms with E-state index in [1.165, 1.54) is 23.3 Å². The lowest BCUT2D eigenvalue weighted by atomic mass is 9.97. The number of carbonyl (C=O) groups is 2. The smallest absolute Gasteiger partial charge is 0.341 e. The third-order valence-electron chi connectivity index (χ3n) is 8.04. The minimum absolute atomic E-state index is 0.0408. The molecule has 0 spiro atoms. The molecule has 4 aromatic heterocycles. The number of nitrogens with one attached hydrogen (secondary N) is 1. The SMILES string of the molecule is CCOC(=O)c1cnn(-c2ccc(Cl)cc2-c2cc(=O)n([C@H]3CCC[C@@H](C)C(=O)Nc4ccn(C)c4-c4ccnc3c4)cn2)c1. The summed E-state index contributed by atoms with van der Waals surface area (Å²) in [6.07, 6.45) is 10.1. The number of aryl methyl sites for hydroxylation is 1. The van der Waals surface area contributed by atoms with Crippen LogP contribution in [0.15, 0.2) is 78.4 Å². The van der Waals surface area contributed by atoms with E-state index in [4.69, 9.17) is 21.3 Å². The van der Waals surface area contributed by atoms with Crippen LogP contribution in [-0.4, -0.2) is 47.4 Å². The van der Waals surface area contributed by atoms with Crippen molar-refractivity contribution in [2.45, 2.75) is 39.2 Å². The molecule has 1 amide bonds.